The Morgan fingerprint density at radius 1 is 1.29 bits per heavy atom. The average Bonchev–Trinajstić information content (AvgIpc) is 2.59. The van der Waals surface area contributed by atoms with E-state index in [1.54, 1.807) is 24.3 Å². The number of aliphatic hydroxyl groups is 1. The SMILES string of the molecule is C=C(O)C(=O)n1nc2ccccc2n1. The van der Waals surface area contributed by atoms with Crippen LogP contribution in [0.3, 0.4) is 0 Å². The van der Waals surface area contributed by atoms with Gasteiger partial charge in [-0.05, 0) is 12.1 Å². The van der Waals surface area contributed by atoms with Crippen molar-refractivity contribution in [1.82, 2.24) is 15.0 Å². The molecule has 0 aliphatic heterocycles. The van der Waals surface area contributed by atoms with Gasteiger partial charge in [-0.1, -0.05) is 18.7 Å². The molecule has 1 aromatic carbocycles. The fourth-order valence-electron chi connectivity index (χ4n) is 1.07. The van der Waals surface area contributed by atoms with Crippen molar-refractivity contribution in [2.75, 3.05) is 0 Å². The molecule has 0 unspecified atom stereocenters. The van der Waals surface area contributed by atoms with Crippen LogP contribution in [0.4, 0.5) is 0 Å². The standard InChI is InChI=1S/C9H7N3O2/c1-6(13)9(14)12-10-7-4-2-3-5-8(7)11-12/h2-5,13H,1H2. The van der Waals surface area contributed by atoms with Crippen molar-refractivity contribution in [2.45, 2.75) is 0 Å². The first-order valence-electron chi connectivity index (χ1n) is 3.93. The van der Waals surface area contributed by atoms with Crippen molar-refractivity contribution in [1.29, 1.82) is 0 Å². The van der Waals surface area contributed by atoms with Crippen LogP contribution in [0.15, 0.2) is 36.6 Å². The number of carbonyl (C=O) groups excluding carboxylic acids is 1. The summed E-state index contributed by atoms with van der Waals surface area (Å²) < 4.78 is 0. The number of carbonyl (C=O) groups is 1. The van der Waals surface area contributed by atoms with Gasteiger partial charge in [0.1, 0.15) is 11.0 Å². The maximum absolute atomic E-state index is 11.2. The third kappa shape index (κ3) is 1.24. The van der Waals surface area contributed by atoms with Crippen LogP contribution in [0, 0.1) is 0 Å². The van der Waals surface area contributed by atoms with Gasteiger partial charge in [-0.3, -0.25) is 4.79 Å². The Bertz CT molecular complexity index is 483. The fraction of sp³-hybridized carbons (Fsp3) is 0. The van der Waals surface area contributed by atoms with E-state index in [4.69, 9.17) is 5.11 Å². The van der Waals surface area contributed by atoms with Gasteiger partial charge in [0, 0.05) is 0 Å². The highest BCUT2D eigenvalue weighted by atomic mass is 16.3. The molecule has 70 valence electrons. The summed E-state index contributed by atoms with van der Waals surface area (Å²) >= 11 is 0. The number of hydrogen-bond acceptors (Lipinski definition) is 4. The molecule has 0 bridgehead atoms. The van der Waals surface area contributed by atoms with Gasteiger partial charge in [-0.15, -0.1) is 15.0 Å². The minimum absolute atomic E-state index is 0.578. The van der Waals surface area contributed by atoms with E-state index >= 15 is 0 Å². The number of nitrogens with zero attached hydrogens (tertiary/aromatic N) is 3. The van der Waals surface area contributed by atoms with Crippen molar-refractivity contribution in [3.05, 3.63) is 36.6 Å². The van der Waals surface area contributed by atoms with Crippen LogP contribution in [0.5, 0.6) is 0 Å². The molecule has 2 rings (SSSR count). The molecular formula is C9H7N3O2. The minimum Gasteiger partial charge on any atom is -0.503 e. The number of fused-ring (bicyclic) bond motifs is 1. The van der Waals surface area contributed by atoms with Crippen LogP contribution in [0.1, 0.15) is 4.79 Å². The van der Waals surface area contributed by atoms with Gasteiger partial charge in [-0.2, -0.15) is 0 Å². The summed E-state index contributed by atoms with van der Waals surface area (Å²) in [5, 5.41) is 16.6. The lowest BCUT2D eigenvalue weighted by molar-refractivity contribution is 0.0867. The highest BCUT2D eigenvalue weighted by molar-refractivity contribution is 5.92. The summed E-state index contributed by atoms with van der Waals surface area (Å²) in [4.78, 5) is 12.0. The highest BCUT2D eigenvalue weighted by Gasteiger charge is 2.11. The Hall–Kier alpha value is -2.17. The van der Waals surface area contributed by atoms with Crippen molar-refractivity contribution < 1.29 is 9.90 Å². The lowest BCUT2D eigenvalue weighted by atomic mass is 10.3. The number of aromatic nitrogens is 3. The molecule has 0 saturated carbocycles. The van der Waals surface area contributed by atoms with Crippen LogP contribution < -0.4 is 0 Å². The van der Waals surface area contributed by atoms with Crippen LogP contribution in [-0.4, -0.2) is 26.0 Å². The van der Waals surface area contributed by atoms with Crippen molar-refractivity contribution in [2.24, 2.45) is 0 Å². The number of benzene rings is 1. The fourth-order valence-corrected chi connectivity index (χ4v) is 1.07. The number of hydrogen-bond donors (Lipinski definition) is 1. The van der Waals surface area contributed by atoms with Crippen molar-refractivity contribution in [3.8, 4) is 0 Å². The van der Waals surface area contributed by atoms with Crippen molar-refractivity contribution in [3.63, 3.8) is 0 Å². The second-order valence-corrected chi connectivity index (χ2v) is 2.73. The molecule has 14 heavy (non-hydrogen) atoms. The van der Waals surface area contributed by atoms with E-state index in [1.165, 1.54) is 0 Å². The van der Waals surface area contributed by atoms with Crippen LogP contribution in [0.25, 0.3) is 11.0 Å². The van der Waals surface area contributed by atoms with Crippen LogP contribution >= 0.6 is 0 Å². The third-order valence-electron chi connectivity index (χ3n) is 1.72. The molecule has 5 heteroatoms. The van der Waals surface area contributed by atoms with E-state index in [-0.39, 0.29) is 0 Å². The van der Waals surface area contributed by atoms with E-state index in [0.717, 1.165) is 4.80 Å². The molecule has 2 aromatic rings. The monoisotopic (exact) mass is 189 g/mol. The normalized spacial score (nSPS) is 10.3. The molecule has 1 N–H and O–H groups in total. The maximum Gasteiger partial charge on any atom is 0.329 e. The Morgan fingerprint density at radius 2 is 1.79 bits per heavy atom. The molecule has 5 nitrogen and oxygen atoms in total. The molecule has 0 aliphatic carbocycles. The van der Waals surface area contributed by atoms with E-state index < -0.39 is 11.7 Å². The second-order valence-electron chi connectivity index (χ2n) is 2.73. The molecule has 0 radical (unpaired) electrons. The van der Waals surface area contributed by atoms with Gasteiger partial charge in [0.05, 0.1) is 0 Å². The quantitative estimate of drug-likeness (QED) is 0.539. The Kier molecular flexibility index (Phi) is 1.78. The summed E-state index contributed by atoms with van der Waals surface area (Å²) in [6.07, 6.45) is 0. The molecule has 0 atom stereocenters. The zero-order chi connectivity index (χ0) is 10.1. The molecule has 0 aliphatic rings. The summed E-state index contributed by atoms with van der Waals surface area (Å²) in [7, 11) is 0. The first kappa shape index (κ1) is 8.43. The molecular weight excluding hydrogens is 182 g/mol. The zero-order valence-corrected chi connectivity index (χ0v) is 7.21. The summed E-state index contributed by atoms with van der Waals surface area (Å²) in [6.45, 7) is 3.11. The molecule has 0 fully saturated rings. The Balaban J connectivity index is 2.55. The predicted molar refractivity (Wildman–Crippen MR) is 49.9 cm³/mol. The lowest BCUT2D eigenvalue weighted by Crippen LogP contribution is -2.15. The number of aliphatic hydroxyl groups excluding tert-OH is 1. The van der Waals surface area contributed by atoms with Crippen LogP contribution in [-0.2, 0) is 0 Å². The van der Waals surface area contributed by atoms with Gasteiger partial charge in [-0.25, -0.2) is 0 Å². The van der Waals surface area contributed by atoms with Gasteiger partial charge >= 0.3 is 5.91 Å². The van der Waals surface area contributed by atoms with Gasteiger partial charge in [0.2, 0.25) is 0 Å². The van der Waals surface area contributed by atoms with Gasteiger partial charge < -0.3 is 5.11 Å². The number of rotatable bonds is 1. The van der Waals surface area contributed by atoms with E-state index in [2.05, 4.69) is 16.8 Å². The maximum atomic E-state index is 11.2. The molecule has 1 aromatic heterocycles. The average molecular weight is 189 g/mol. The largest absolute Gasteiger partial charge is 0.503 e. The van der Waals surface area contributed by atoms with E-state index in [1.807, 2.05) is 0 Å². The Morgan fingerprint density at radius 3 is 2.21 bits per heavy atom. The molecule has 0 amide bonds. The van der Waals surface area contributed by atoms with Crippen LogP contribution in [0.2, 0.25) is 0 Å². The van der Waals surface area contributed by atoms with E-state index in [0.29, 0.717) is 11.0 Å². The molecule has 0 spiro atoms. The number of allylic oxidation sites excluding steroid dienone is 1. The lowest BCUT2D eigenvalue weighted by Gasteiger charge is -1.92. The van der Waals surface area contributed by atoms with Gasteiger partial charge in [0.25, 0.3) is 0 Å². The van der Waals surface area contributed by atoms with E-state index in [9.17, 15) is 4.79 Å². The Labute approximate surface area is 79.3 Å². The first-order chi connectivity index (χ1) is 6.68. The zero-order valence-electron chi connectivity index (χ0n) is 7.21. The smallest absolute Gasteiger partial charge is 0.329 e. The predicted octanol–water partition coefficient (Wildman–Crippen LogP) is 1.14. The molecule has 1 heterocycles. The first-order valence-corrected chi connectivity index (χ1v) is 3.93. The topological polar surface area (TPSA) is 68.0 Å². The van der Waals surface area contributed by atoms with Gasteiger partial charge in [0.15, 0.2) is 5.76 Å². The summed E-state index contributed by atoms with van der Waals surface area (Å²) in [6, 6.07) is 7.04. The summed E-state index contributed by atoms with van der Waals surface area (Å²) in [5.41, 5.74) is 1.20. The highest BCUT2D eigenvalue weighted by Crippen LogP contribution is 2.07. The molecule has 0 saturated heterocycles. The third-order valence-corrected chi connectivity index (χ3v) is 1.72. The minimum atomic E-state index is -0.721. The summed E-state index contributed by atoms with van der Waals surface area (Å²) in [5.74, 6) is -1.30. The second kappa shape index (κ2) is 2.95. The van der Waals surface area contributed by atoms with Crippen molar-refractivity contribution >= 4 is 16.9 Å².